The molecule has 0 aliphatic carbocycles. The third-order valence-electron chi connectivity index (χ3n) is 20.9. The summed E-state index contributed by atoms with van der Waals surface area (Å²) in [5.41, 5.74) is 29.4. The number of amides is 2. The topological polar surface area (TPSA) is 372 Å². The summed E-state index contributed by atoms with van der Waals surface area (Å²) in [6.07, 6.45) is 12.2. The highest BCUT2D eigenvalue weighted by Gasteiger charge is 2.25. The number of nitrogens with zero attached hydrogens (tertiary/aromatic N) is 13. The summed E-state index contributed by atoms with van der Waals surface area (Å²) in [5, 5.41) is 31.9. The molecule has 1 unspecified atom stereocenters. The van der Waals surface area contributed by atoms with Crippen LogP contribution in [0.5, 0.6) is 28.7 Å². The van der Waals surface area contributed by atoms with Gasteiger partial charge >= 0.3 is 0 Å². The Labute approximate surface area is 803 Å². The Morgan fingerprint density at radius 1 is 0.404 bits per heavy atom. The van der Waals surface area contributed by atoms with Crippen molar-refractivity contribution >= 4 is 216 Å². The minimum atomic E-state index is -0.492. The van der Waals surface area contributed by atoms with Crippen molar-refractivity contribution in [1.29, 1.82) is 0 Å². The summed E-state index contributed by atoms with van der Waals surface area (Å²) in [6.45, 7) is 25.3. The lowest BCUT2D eigenvalue weighted by atomic mass is 10.1. The number of aryl methyl sites for hydroxylation is 6. The average molecular weight is 1950 g/mol. The molecule has 136 heavy (non-hydrogen) atoms. The van der Waals surface area contributed by atoms with E-state index in [4.69, 9.17) is 39.9 Å². The molecule has 2 aliphatic rings. The van der Waals surface area contributed by atoms with E-state index in [1.807, 2.05) is 115 Å². The van der Waals surface area contributed by atoms with Gasteiger partial charge in [-0.1, -0.05) is 0 Å². The molecule has 1 atom stereocenters. The summed E-state index contributed by atoms with van der Waals surface area (Å²) in [5.74, 6) is 4.42. The number of hydrogen-bond acceptors (Lipinski definition) is 33. The minimum Gasteiger partial charge on any atom is -0.494 e. The largest absolute Gasteiger partial charge is 0.494 e. The maximum absolute atomic E-state index is 13.7. The first kappa shape index (κ1) is 96.4. The number of hydrogen-bond donors (Lipinski definition) is 8. The number of fused-ring (bicyclic) bond motifs is 6. The van der Waals surface area contributed by atoms with Crippen molar-refractivity contribution in [3.8, 4) is 28.7 Å². The number of primary amides is 2. The Morgan fingerprint density at radius 2 is 0.699 bits per heavy atom. The lowest BCUT2D eigenvalue weighted by molar-refractivity contribution is 0.0991. The number of ether oxygens (including phenoxy) is 6. The van der Waals surface area contributed by atoms with Crippen molar-refractivity contribution in [1.82, 2.24) is 59.8 Å². The van der Waals surface area contributed by atoms with Crippen LogP contribution in [0.1, 0.15) is 108 Å². The normalized spacial score (nSPS) is 12.7. The first-order valence-corrected chi connectivity index (χ1v) is 48.3. The van der Waals surface area contributed by atoms with Crippen LogP contribution in [0.15, 0.2) is 179 Å². The number of anilines is 13. The molecule has 12 aromatic heterocycles. The van der Waals surface area contributed by atoms with Crippen LogP contribution in [0.4, 0.5) is 92.3 Å². The Balaban J connectivity index is 0.000000124. The standard InChI is InChI=1S/C18H19N5OS.C17H16FN3O2S.C17H18N4O2S.C16H16FN3OS.C15H14FN3OS.C14H12FN3OS/c1-11-9-25-16-15(11)20-10-21-18(16)22-13-5-4-12(17(19)24)8-14(13)23-6-2-3-7-23;1-10-8-24-16-15(10)19-9-20-17(16)21-13-3-2-11(18)6-14(13)23-12-4-5-22-7-12;1-9(2)23-13-6-11(16(18)22)4-5-12(13)21-17-15-14(19-8-20-17)10(3)7-24-15;1-9(2)21-13-6-11(17)4-5-12(13)20-16-15-14(18-8-19-16)10(3)7-22-15;1-3-20-12-6-10(16)4-5-11(12)19-15-14-13(17-8-18-15)9(2)7-21-14;1-8-6-20-13-12(8)16-7-17-14(13)18-10-4-3-9(15)5-11(10)19-2/h4-5,8-10H,2-3,6-7H2,1H3,(H2,19,24)(H,20,21,22);2-3,6,8-9,12H,4-5,7H2,1H3,(H,19,20,21);4-9H,1-3H3,(H2,18,22)(H,19,20,21);4-9H,1-3H3,(H,18,19,20);4-8H,3H2,1-2H3,(H,17,18,19);3-7H,1-2H3,(H,16,17,18). The molecule has 14 heterocycles. The van der Waals surface area contributed by atoms with E-state index in [1.165, 1.54) is 87.3 Å². The molecule has 2 saturated heterocycles. The summed E-state index contributed by atoms with van der Waals surface area (Å²) >= 11 is 9.53. The molecule has 700 valence electrons. The van der Waals surface area contributed by atoms with Crippen LogP contribution < -0.4 is 72.0 Å². The molecule has 0 spiro atoms. The van der Waals surface area contributed by atoms with Crippen LogP contribution in [-0.2, 0) is 4.74 Å². The first-order valence-electron chi connectivity index (χ1n) is 43.0. The molecule has 2 amide bonds. The van der Waals surface area contributed by atoms with Crippen LogP contribution in [0.2, 0.25) is 0 Å². The van der Waals surface area contributed by atoms with Crippen molar-refractivity contribution in [2.75, 3.05) is 76.8 Å². The number of rotatable bonds is 24. The van der Waals surface area contributed by atoms with E-state index in [1.54, 1.807) is 123 Å². The summed E-state index contributed by atoms with van der Waals surface area (Å²) in [7, 11) is 1.50. The van der Waals surface area contributed by atoms with E-state index < -0.39 is 11.8 Å². The second kappa shape index (κ2) is 44.3. The van der Waals surface area contributed by atoms with Crippen molar-refractivity contribution in [3.05, 3.63) is 247 Å². The molecule has 20 rings (SSSR count). The first-order chi connectivity index (χ1) is 65.7. The summed E-state index contributed by atoms with van der Waals surface area (Å²) in [4.78, 5) is 77.0. The molecule has 29 nitrogen and oxygen atoms in total. The smallest absolute Gasteiger partial charge is 0.248 e. The fourth-order valence-electron chi connectivity index (χ4n) is 14.3. The lowest BCUT2D eigenvalue weighted by Crippen LogP contribution is -2.20. The van der Waals surface area contributed by atoms with Gasteiger partial charge in [0.15, 0.2) is 34.9 Å². The molecule has 18 aromatic rings. The Morgan fingerprint density at radius 3 is 1.03 bits per heavy atom. The van der Waals surface area contributed by atoms with E-state index in [0.29, 0.717) is 112 Å². The van der Waals surface area contributed by atoms with Gasteiger partial charge in [0.1, 0.15) is 96.1 Å². The van der Waals surface area contributed by atoms with E-state index in [2.05, 4.69) is 102 Å². The van der Waals surface area contributed by atoms with Gasteiger partial charge in [-0.2, -0.15) is 0 Å². The Hall–Kier alpha value is -14.2. The van der Waals surface area contributed by atoms with Crippen LogP contribution in [-0.4, -0.2) is 130 Å². The number of nitrogens with one attached hydrogen (secondary N) is 6. The monoisotopic (exact) mass is 1950 g/mol. The Bertz CT molecular complexity index is 7310. The second-order valence-corrected chi connectivity index (χ2v) is 36.9. The van der Waals surface area contributed by atoms with Gasteiger partial charge in [0.25, 0.3) is 0 Å². The van der Waals surface area contributed by atoms with Gasteiger partial charge in [0.05, 0.1) is 140 Å². The van der Waals surface area contributed by atoms with Crippen molar-refractivity contribution in [3.63, 3.8) is 0 Å². The predicted octanol–water partition coefficient (Wildman–Crippen LogP) is 24.0. The molecule has 2 aliphatic heterocycles. The number of aromatic nitrogens is 12. The average Bonchev–Trinajstić information content (AvgIpc) is 1.66. The highest BCUT2D eigenvalue weighted by Crippen LogP contribution is 2.43. The number of carbonyl (C=O) groups is 2. The molecule has 0 saturated carbocycles. The van der Waals surface area contributed by atoms with Gasteiger partial charge in [-0.15, -0.1) is 68.0 Å². The lowest BCUT2D eigenvalue weighted by Gasteiger charge is -2.22. The minimum absolute atomic E-state index is 0.0388. The highest BCUT2D eigenvalue weighted by molar-refractivity contribution is 7.19. The molecule has 10 N–H and O–H groups in total. The van der Waals surface area contributed by atoms with Crippen molar-refractivity contribution < 1.29 is 55.6 Å². The predicted molar refractivity (Wildman–Crippen MR) is 539 cm³/mol. The molecule has 2 fully saturated rings. The molecule has 0 radical (unpaired) electrons. The molecule has 0 bridgehead atoms. The quantitative estimate of drug-likeness (QED) is 0.0260. The molecular weight excluding hydrogens is 1860 g/mol. The number of methoxy groups -OCH3 is 1. The zero-order chi connectivity index (χ0) is 95.8. The Kier molecular flexibility index (Phi) is 31.4. The highest BCUT2D eigenvalue weighted by atomic mass is 32.1. The van der Waals surface area contributed by atoms with Gasteiger partial charge < -0.3 is 76.7 Å². The van der Waals surface area contributed by atoms with Crippen LogP contribution in [0.25, 0.3) is 61.3 Å². The fourth-order valence-corrected chi connectivity index (χ4v) is 20.0. The molecular formula is C97H95F4N21O8S6. The number of carbonyl (C=O) groups excluding carboxylic acids is 2. The SMILES string of the molecule is CCOc1cc(F)ccc1Nc1ncnc2c(C)csc12.COc1cc(F)ccc1Nc1ncnc2c(C)csc12.Cc1csc2c(Nc3ccc(C(N)=O)cc3N3CCCC3)ncnc12.Cc1csc2c(Nc3ccc(C(N)=O)cc3OC(C)C)ncnc12.Cc1csc2c(Nc3ccc(F)cc3OC(C)C)ncnc12.Cc1csc2c(Nc3ccc(F)cc3OC3CCOC3)ncnc12. The van der Waals surface area contributed by atoms with Crippen LogP contribution in [0, 0.1) is 64.8 Å². The second-order valence-electron chi connectivity index (χ2n) is 31.7. The van der Waals surface area contributed by atoms with E-state index in [9.17, 15) is 27.2 Å². The zero-order valence-corrected chi connectivity index (χ0v) is 80.8. The maximum atomic E-state index is 13.7. The van der Waals surface area contributed by atoms with E-state index in [-0.39, 0.29) is 41.6 Å². The third-order valence-corrected chi connectivity index (χ3v) is 27.5. The van der Waals surface area contributed by atoms with Gasteiger partial charge in [-0.3, -0.25) is 9.59 Å². The summed E-state index contributed by atoms with van der Waals surface area (Å²) in [6, 6.07) is 28.2. The van der Waals surface area contributed by atoms with Gasteiger partial charge in [-0.05, 0) is 240 Å². The number of halogens is 4. The number of benzene rings is 6. The van der Waals surface area contributed by atoms with Gasteiger partial charge in [0.2, 0.25) is 11.8 Å². The maximum Gasteiger partial charge on any atom is 0.248 e. The van der Waals surface area contributed by atoms with Gasteiger partial charge in [-0.25, -0.2) is 77.4 Å². The van der Waals surface area contributed by atoms with Crippen LogP contribution in [0.3, 0.4) is 0 Å². The number of nitrogens with two attached hydrogens (primary N) is 2. The van der Waals surface area contributed by atoms with Crippen LogP contribution >= 0.6 is 68.0 Å². The number of thiophene rings is 6. The van der Waals surface area contributed by atoms with E-state index >= 15 is 0 Å². The van der Waals surface area contributed by atoms with Crippen molar-refractivity contribution in [2.24, 2.45) is 11.5 Å². The molecule has 39 heteroatoms. The fraction of sp³-hybridized carbons (Fsp3) is 0.237. The van der Waals surface area contributed by atoms with Crippen molar-refractivity contribution in [2.45, 2.75) is 114 Å². The summed E-state index contributed by atoms with van der Waals surface area (Å²) < 4.78 is 92.9. The molecule has 6 aromatic carbocycles. The zero-order valence-electron chi connectivity index (χ0n) is 75.9. The van der Waals surface area contributed by atoms with Gasteiger partial charge in [0, 0.05) is 54.9 Å². The van der Waals surface area contributed by atoms with E-state index in [0.717, 1.165) is 150 Å². The third kappa shape index (κ3) is 23.4.